The zero-order valence-corrected chi connectivity index (χ0v) is 9.12. The smallest absolute Gasteiger partial charge is 0.267 e. The zero-order valence-electron chi connectivity index (χ0n) is 9.12. The third kappa shape index (κ3) is 1.35. The van der Waals surface area contributed by atoms with Crippen LogP contribution < -0.4 is 5.56 Å². The Labute approximate surface area is 88.9 Å². The third-order valence-corrected chi connectivity index (χ3v) is 3.74. The second kappa shape index (κ2) is 3.23. The van der Waals surface area contributed by atoms with Crippen LogP contribution in [0.25, 0.3) is 0 Å². The molecule has 1 aliphatic heterocycles. The van der Waals surface area contributed by atoms with E-state index in [1.807, 2.05) is 0 Å². The van der Waals surface area contributed by atoms with Gasteiger partial charge in [0.1, 0.15) is 0 Å². The molecule has 0 amide bonds. The molecule has 2 aliphatic rings. The van der Waals surface area contributed by atoms with E-state index in [0.29, 0.717) is 6.04 Å². The van der Waals surface area contributed by atoms with E-state index in [0.717, 1.165) is 25.1 Å². The first-order valence-electron chi connectivity index (χ1n) is 5.76. The molecule has 0 spiro atoms. The molecule has 1 saturated carbocycles. The first kappa shape index (κ1) is 9.21. The lowest BCUT2D eigenvalue weighted by Gasteiger charge is -2.31. The average Bonchev–Trinajstić information content (AvgIpc) is 2.41. The summed E-state index contributed by atoms with van der Waals surface area (Å²) in [6.45, 7) is 1.93. The number of nitrogens with one attached hydrogen (secondary N) is 1. The summed E-state index contributed by atoms with van der Waals surface area (Å²) < 4.78 is 2.14. The van der Waals surface area contributed by atoms with E-state index < -0.39 is 0 Å². The quantitative estimate of drug-likeness (QED) is 0.743. The lowest BCUT2D eigenvalue weighted by atomic mass is 9.93. The normalized spacial score (nSPS) is 22.5. The van der Waals surface area contributed by atoms with Gasteiger partial charge in [0.25, 0.3) is 5.56 Å². The predicted molar refractivity (Wildman–Crippen MR) is 58.0 cm³/mol. The molecule has 0 aromatic carbocycles. The van der Waals surface area contributed by atoms with Gasteiger partial charge in [0.15, 0.2) is 0 Å². The maximum absolute atomic E-state index is 11.7. The van der Waals surface area contributed by atoms with Gasteiger partial charge in [-0.1, -0.05) is 0 Å². The fourth-order valence-corrected chi connectivity index (χ4v) is 2.54. The third-order valence-electron chi connectivity index (χ3n) is 3.74. The molecule has 4 nitrogen and oxygen atoms in total. The molecule has 0 unspecified atom stereocenters. The summed E-state index contributed by atoms with van der Waals surface area (Å²) in [5, 5.41) is 3.01. The molecular weight excluding hydrogens is 190 g/mol. The van der Waals surface area contributed by atoms with E-state index >= 15 is 0 Å². The van der Waals surface area contributed by atoms with Crippen LogP contribution in [0.5, 0.6) is 0 Å². The van der Waals surface area contributed by atoms with Crippen LogP contribution in [-0.2, 0) is 13.0 Å². The molecule has 15 heavy (non-hydrogen) atoms. The molecule has 1 aromatic heterocycles. The summed E-state index contributed by atoms with van der Waals surface area (Å²) in [6, 6.07) is 0.563. The Morgan fingerprint density at radius 2 is 2.20 bits per heavy atom. The predicted octanol–water partition coefficient (Wildman–Crippen LogP) is 0.889. The molecule has 3 rings (SSSR count). The molecule has 1 aliphatic carbocycles. The number of aromatic nitrogens is 2. The van der Waals surface area contributed by atoms with Crippen LogP contribution in [0.4, 0.5) is 0 Å². The molecule has 0 radical (unpaired) electrons. The molecule has 0 saturated heterocycles. The van der Waals surface area contributed by atoms with Crippen LogP contribution in [0.2, 0.25) is 0 Å². The Hall–Kier alpha value is -1.03. The van der Waals surface area contributed by atoms with Crippen molar-refractivity contribution >= 4 is 0 Å². The number of aromatic amines is 1. The second-order valence-electron chi connectivity index (χ2n) is 4.81. The summed E-state index contributed by atoms with van der Waals surface area (Å²) in [4.78, 5) is 14.0. The van der Waals surface area contributed by atoms with Gasteiger partial charge in [-0.3, -0.25) is 14.6 Å². The van der Waals surface area contributed by atoms with Crippen molar-refractivity contribution in [2.45, 2.75) is 38.3 Å². The van der Waals surface area contributed by atoms with Crippen LogP contribution >= 0.6 is 0 Å². The van der Waals surface area contributed by atoms with Gasteiger partial charge in [-0.15, -0.1) is 0 Å². The molecule has 0 atom stereocenters. The zero-order chi connectivity index (χ0) is 10.4. The van der Waals surface area contributed by atoms with Gasteiger partial charge in [-0.2, -0.15) is 0 Å². The van der Waals surface area contributed by atoms with Crippen molar-refractivity contribution in [1.82, 2.24) is 14.7 Å². The molecule has 4 heteroatoms. The van der Waals surface area contributed by atoms with Crippen molar-refractivity contribution in [2.75, 3.05) is 13.6 Å². The number of H-pyrrole nitrogens is 1. The second-order valence-corrected chi connectivity index (χ2v) is 4.81. The Bertz CT molecular complexity index is 428. The SMILES string of the molecule is CN1CCc2c(n(C3CCC3)[nH]c2=O)C1. The maximum Gasteiger partial charge on any atom is 0.267 e. The van der Waals surface area contributed by atoms with Crippen molar-refractivity contribution in [3.63, 3.8) is 0 Å². The van der Waals surface area contributed by atoms with E-state index in [1.54, 1.807) is 0 Å². The van der Waals surface area contributed by atoms with Crippen LogP contribution in [0, 0.1) is 0 Å². The number of nitrogens with zero attached hydrogens (tertiary/aromatic N) is 2. The largest absolute Gasteiger partial charge is 0.300 e. The summed E-state index contributed by atoms with van der Waals surface area (Å²) in [5.41, 5.74) is 2.41. The van der Waals surface area contributed by atoms with E-state index in [9.17, 15) is 4.79 Å². The number of hydrogen-bond acceptors (Lipinski definition) is 2. The lowest BCUT2D eigenvalue weighted by Crippen LogP contribution is -2.30. The van der Waals surface area contributed by atoms with Crippen molar-refractivity contribution in [1.29, 1.82) is 0 Å². The molecular formula is C11H17N3O. The summed E-state index contributed by atoms with van der Waals surface area (Å²) in [5.74, 6) is 0. The lowest BCUT2D eigenvalue weighted by molar-refractivity contribution is 0.251. The first-order valence-corrected chi connectivity index (χ1v) is 5.76. The van der Waals surface area contributed by atoms with Gasteiger partial charge in [0, 0.05) is 18.7 Å². The molecule has 0 bridgehead atoms. The number of hydrogen-bond donors (Lipinski definition) is 1. The van der Waals surface area contributed by atoms with E-state index in [4.69, 9.17) is 0 Å². The molecule has 1 N–H and O–H groups in total. The fourth-order valence-electron chi connectivity index (χ4n) is 2.54. The van der Waals surface area contributed by atoms with Crippen LogP contribution in [0.15, 0.2) is 4.79 Å². The van der Waals surface area contributed by atoms with Gasteiger partial charge in [0.2, 0.25) is 0 Å². The fraction of sp³-hybridized carbons (Fsp3) is 0.727. The minimum Gasteiger partial charge on any atom is -0.300 e. The van der Waals surface area contributed by atoms with Crippen LogP contribution in [0.1, 0.15) is 36.6 Å². The summed E-state index contributed by atoms with van der Waals surface area (Å²) in [6.07, 6.45) is 4.65. The highest BCUT2D eigenvalue weighted by atomic mass is 16.1. The minimum atomic E-state index is 0.144. The topological polar surface area (TPSA) is 41.0 Å². The highest BCUT2D eigenvalue weighted by molar-refractivity contribution is 5.21. The van der Waals surface area contributed by atoms with E-state index in [-0.39, 0.29) is 5.56 Å². The number of fused-ring (bicyclic) bond motifs is 1. The summed E-state index contributed by atoms with van der Waals surface area (Å²) in [7, 11) is 2.12. The maximum atomic E-state index is 11.7. The van der Waals surface area contributed by atoms with E-state index in [1.165, 1.54) is 25.0 Å². The minimum absolute atomic E-state index is 0.144. The van der Waals surface area contributed by atoms with Crippen molar-refractivity contribution in [3.8, 4) is 0 Å². The van der Waals surface area contributed by atoms with Gasteiger partial charge in [-0.05, 0) is 32.7 Å². The standard InChI is InChI=1S/C11H17N3O/c1-13-6-5-9-10(7-13)14(12-11(9)15)8-3-2-4-8/h8H,2-7H2,1H3,(H,12,15). The van der Waals surface area contributed by atoms with Gasteiger partial charge in [0.05, 0.1) is 11.7 Å². The Morgan fingerprint density at radius 3 is 2.87 bits per heavy atom. The molecule has 1 aromatic rings. The van der Waals surface area contributed by atoms with Gasteiger partial charge >= 0.3 is 0 Å². The van der Waals surface area contributed by atoms with Crippen LogP contribution in [-0.4, -0.2) is 28.3 Å². The van der Waals surface area contributed by atoms with Crippen LogP contribution in [0.3, 0.4) is 0 Å². The number of rotatable bonds is 1. The average molecular weight is 207 g/mol. The highest BCUT2D eigenvalue weighted by Crippen LogP contribution is 2.32. The molecule has 2 heterocycles. The molecule has 1 fully saturated rings. The number of likely N-dealkylation sites (N-methyl/N-ethyl adjacent to an activating group) is 1. The van der Waals surface area contributed by atoms with Crippen molar-refractivity contribution < 1.29 is 0 Å². The Balaban J connectivity index is 2.04. The van der Waals surface area contributed by atoms with E-state index in [2.05, 4.69) is 21.7 Å². The van der Waals surface area contributed by atoms with Gasteiger partial charge < -0.3 is 4.90 Å². The highest BCUT2D eigenvalue weighted by Gasteiger charge is 2.27. The van der Waals surface area contributed by atoms with Crippen molar-refractivity contribution in [3.05, 3.63) is 21.6 Å². The monoisotopic (exact) mass is 207 g/mol. The van der Waals surface area contributed by atoms with Gasteiger partial charge in [-0.25, -0.2) is 0 Å². The van der Waals surface area contributed by atoms with Crippen molar-refractivity contribution in [2.24, 2.45) is 0 Å². The first-order chi connectivity index (χ1) is 7.25. The molecule has 82 valence electrons. The Morgan fingerprint density at radius 1 is 1.40 bits per heavy atom. The Kier molecular flexibility index (Phi) is 1.99. The summed E-state index contributed by atoms with van der Waals surface area (Å²) >= 11 is 0.